The van der Waals surface area contributed by atoms with Crippen LogP contribution in [0, 0.1) is 40.5 Å². The molecule has 5 aromatic carbocycles. The van der Waals surface area contributed by atoms with Gasteiger partial charge >= 0.3 is 59.7 Å². The number of amides is 12. The number of carbonyl (C=O) groups excluding carboxylic acids is 18. The third-order valence-corrected chi connectivity index (χ3v) is 17.2. The highest BCUT2D eigenvalue weighted by molar-refractivity contribution is 6.28. The number of esters is 6. The van der Waals surface area contributed by atoms with Gasteiger partial charge in [0.15, 0.2) is 5.56 Å². The number of nitrogen functional groups attached to an aromatic ring is 1. The lowest BCUT2D eigenvalue weighted by Crippen LogP contribution is -2.54. The molecule has 5 aromatic rings. The molecule has 49 nitrogen and oxygen atoms in total. The normalized spacial score (nSPS) is 17.4. The second-order valence-corrected chi connectivity index (χ2v) is 24.7. The van der Waals surface area contributed by atoms with E-state index in [1.54, 1.807) is 6.07 Å². The van der Waals surface area contributed by atoms with E-state index in [2.05, 4.69) is 24.8 Å². The summed E-state index contributed by atoms with van der Waals surface area (Å²) in [6.45, 7) is 2.36. The van der Waals surface area contributed by atoms with Crippen LogP contribution in [-0.4, -0.2) is 221 Å². The highest BCUT2D eigenvalue weighted by atomic mass is 16.6. The molecule has 0 saturated carbocycles. The minimum atomic E-state index is -1.71. The minimum Gasteiger partial charge on any atom is -0.481 e. The highest BCUT2D eigenvalue weighted by Crippen LogP contribution is 2.38. The molecular formula is C70H60N12O37. The quantitative estimate of drug-likeness (QED) is 0.0101. The fourth-order valence-corrected chi connectivity index (χ4v) is 12.0. The summed E-state index contributed by atoms with van der Waals surface area (Å²) in [4.78, 5) is 294. The fourth-order valence-electron chi connectivity index (χ4n) is 12.0. The van der Waals surface area contributed by atoms with Crippen molar-refractivity contribution >= 4 is 159 Å². The second-order valence-electron chi connectivity index (χ2n) is 24.7. The Morgan fingerprint density at radius 2 is 0.807 bits per heavy atom. The Hall–Kier alpha value is -16.4. The average Bonchev–Trinajstić information content (AvgIpc) is 1.62. The summed E-state index contributed by atoms with van der Waals surface area (Å²) >= 11 is 0. The van der Waals surface area contributed by atoms with E-state index in [0.717, 1.165) is 29.2 Å². The molecule has 5 atom stereocenters. The summed E-state index contributed by atoms with van der Waals surface area (Å²) in [5, 5.41) is 81.7. The maximum Gasteiger partial charge on any atom is 0.353 e. The van der Waals surface area contributed by atoms with Gasteiger partial charge in [-0.25, -0.2) is 19.2 Å². The molecule has 10 N–H and O–H groups in total. The number of benzene rings is 5. The third-order valence-electron chi connectivity index (χ3n) is 17.2. The predicted molar refractivity (Wildman–Crippen MR) is 381 cm³/mol. The number of carboxylic acid groups (broad SMARTS) is 4. The summed E-state index contributed by atoms with van der Waals surface area (Å²) in [5.74, 6) is -18.6. The number of anilines is 1. The zero-order chi connectivity index (χ0) is 88.1. The molecule has 3 saturated heterocycles. The number of fused-ring (bicyclic) bond motifs is 5. The summed E-state index contributed by atoms with van der Waals surface area (Å²) < 4.78 is 12.6. The Kier molecular flexibility index (Phi) is 29.5. The topological polar surface area (TPSA) is 746 Å². The van der Waals surface area contributed by atoms with Gasteiger partial charge < -0.3 is 46.1 Å². The van der Waals surface area contributed by atoms with E-state index in [1.807, 2.05) is 0 Å². The largest absolute Gasteiger partial charge is 0.481 e. The summed E-state index contributed by atoms with van der Waals surface area (Å²) in [6, 6.07) is 13.1. The first-order valence-electron chi connectivity index (χ1n) is 33.4. The van der Waals surface area contributed by atoms with Gasteiger partial charge in [0.25, 0.3) is 70.0 Å². The number of carbonyl (C=O) groups is 22. The summed E-state index contributed by atoms with van der Waals surface area (Å²) in [6.07, 6.45) is -1.25. The van der Waals surface area contributed by atoms with Crippen molar-refractivity contribution in [1.82, 2.24) is 30.2 Å². The van der Waals surface area contributed by atoms with Crippen LogP contribution in [0.3, 0.4) is 0 Å². The number of imide groups is 6. The van der Waals surface area contributed by atoms with E-state index in [9.17, 15) is 146 Å². The highest BCUT2D eigenvalue weighted by Gasteiger charge is 2.52. The monoisotopic (exact) mass is 1670 g/mol. The zero-order valence-electron chi connectivity index (χ0n) is 60.1. The van der Waals surface area contributed by atoms with Crippen LogP contribution in [0.5, 0.6) is 0 Å². The molecule has 12 amide bonds. The van der Waals surface area contributed by atoms with Crippen LogP contribution in [-0.2, 0) is 71.7 Å². The number of hydrogen-bond donors (Lipinski definition) is 8. The number of nitrogens with zero attached hydrogens (tertiary/aromatic N) is 8. The molecule has 8 aliphatic heterocycles. The molecule has 0 aliphatic carbocycles. The number of piperidine rings is 2. The lowest BCUT2D eigenvalue weighted by Gasteiger charge is -2.27. The van der Waals surface area contributed by atoms with Crippen LogP contribution in [0.25, 0.3) is 0 Å². The van der Waals surface area contributed by atoms with E-state index < -0.39 is 222 Å². The second kappa shape index (κ2) is 38.4. The number of carboxylic acids is 4. The van der Waals surface area contributed by atoms with Crippen molar-refractivity contribution in [3.8, 4) is 0 Å². The Balaban J connectivity index is 0.000000221. The predicted octanol–water partition coefficient (Wildman–Crippen LogP) is 1.50. The number of nitrogens with one attached hydrogen (secondary N) is 2. The Morgan fingerprint density at radius 3 is 1.17 bits per heavy atom. The number of nitrogens with two attached hydrogens (primary N) is 2. The lowest BCUT2D eigenvalue weighted by molar-refractivity contribution is -0.385. The van der Waals surface area contributed by atoms with Gasteiger partial charge in [-0.05, 0) is 68.5 Å². The number of aliphatic carboxylic acids is 4. The molecule has 8 heterocycles. The van der Waals surface area contributed by atoms with Crippen LogP contribution in [0.1, 0.15) is 189 Å². The SMILES string of the molecule is C.CC(=O)OC(C)=O.Nc1cccc2c1C(=O)[15N](C1CCC(=O)NC1=O)C2=O.O=C(O)CCC(C(=O)O)[15N]1C(=O)c2cccc([N+](=O)[O-])c2C1=O.O=C1CCC([15N]2C(=O)c3cccc([N+](=O)[O-])c3C2=O)C(=O)N1.O=C1CCC([15N]2C(=O)c3cccc([N+](=O)[O-])c3C2=O)C(=O)O1.O=C1OC(=O)c2c1cccc2[N+](=O)[O-].[15NH2]C(CCC(=O)O)C(=O)O. The molecule has 622 valence electrons. The number of nitro groups is 4. The first-order chi connectivity index (χ1) is 55.4. The number of hydrogen-bond acceptors (Lipinski definition) is 35. The van der Waals surface area contributed by atoms with E-state index in [1.165, 1.54) is 74.5 Å². The van der Waals surface area contributed by atoms with Crippen LogP contribution >= 0.6 is 0 Å². The third kappa shape index (κ3) is 20.3. The van der Waals surface area contributed by atoms with Gasteiger partial charge in [-0.1, -0.05) is 37.8 Å². The van der Waals surface area contributed by atoms with Crippen molar-refractivity contribution < 1.29 is 160 Å². The first kappa shape index (κ1) is 91.5. The molecule has 0 spiro atoms. The Bertz CT molecular complexity index is 5180. The van der Waals surface area contributed by atoms with E-state index in [-0.39, 0.29) is 115 Å². The molecular weight excluding hydrogens is 1610 g/mol. The van der Waals surface area contributed by atoms with Crippen molar-refractivity contribution in [1.29, 1.82) is 0 Å². The number of rotatable bonds is 16. The van der Waals surface area contributed by atoms with E-state index in [0.29, 0.717) is 14.7 Å². The average molecular weight is 1670 g/mol. The van der Waals surface area contributed by atoms with Gasteiger partial charge in [-0.3, -0.25) is 157 Å². The molecule has 119 heavy (non-hydrogen) atoms. The standard InChI is InChI=1S/C13H9N3O6.C13H11N3O4.C13H10N2O8.C13H8N2O7.C8H3NO5.C5H9NO4.C4H6O3.CH4/c17-9-5-4-8(11(18)14-9)15-12(19)6-2-1-3-7(16(21)22)10(6)13(15)20;14-7-3-1-2-6-10(7)13(20)16(12(6)19)8-4-5-9(17)15-11(8)18;16-9(17)5-4-8(13(20)21)14-11(18)6-2-1-3-7(15(22)23)10(6)12(14)19;16-9-5-4-8(13(19)22-9)14-11(17)6-2-1-3-7(15(20)21)10(6)12(14)18;10-7-4-2-1-3-5(9(12)13)6(4)8(11)14-7;6-3(5(9)10)1-2-4(7)8;1-3(5)7-4(2)6;/h1-3,8H,4-5H2,(H,14,17,18);1-3,8H,4-5,14H2,(H,15,17,18);1-3,8H,4-5H2,(H,16,17)(H,20,21);1-3,8H,4-5H2;1-3H;3H,1-2,6H2,(H,7,8)(H,9,10);1-2H3;1H4/i15+1;16+1;2*14+1;;6+1;;. The maximum atomic E-state index is 12.4. The summed E-state index contributed by atoms with van der Waals surface area (Å²) in [7, 11) is 0. The van der Waals surface area contributed by atoms with Gasteiger partial charge in [-0.15, -0.1) is 0 Å². The molecule has 0 aromatic heterocycles. The lowest BCUT2D eigenvalue weighted by atomic mass is 10.1. The molecule has 0 bridgehead atoms. The zero-order valence-corrected chi connectivity index (χ0v) is 60.1. The molecule has 5 unspecified atom stereocenters. The molecule has 49 heteroatoms. The number of ether oxygens (including phenoxy) is 3. The number of cyclic esters (lactones) is 4. The van der Waals surface area contributed by atoms with Crippen LogP contribution < -0.4 is 22.1 Å². The molecule has 3 fully saturated rings. The van der Waals surface area contributed by atoms with E-state index in [4.69, 9.17) is 31.9 Å². The first-order valence-corrected chi connectivity index (χ1v) is 33.4. The van der Waals surface area contributed by atoms with Crippen LogP contribution in [0.4, 0.5) is 28.4 Å². The van der Waals surface area contributed by atoms with Crippen molar-refractivity contribution in [2.75, 3.05) is 5.73 Å². The molecule has 8 aliphatic rings. The van der Waals surface area contributed by atoms with Crippen LogP contribution in [0.2, 0.25) is 0 Å². The number of nitro benzene ring substituents is 4. The van der Waals surface area contributed by atoms with Gasteiger partial charge in [0.2, 0.25) is 23.6 Å². The van der Waals surface area contributed by atoms with Gasteiger partial charge in [0, 0.05) is 75.9 Å². The Labute approximate surface area is 661 Å². The maximum absolute atomic E-state index is 12.4. The minimum absolute atomic E-state index is 0. The van der Waals surface area contributed by atoms with Crippen molar-refractivity contribution in [2.45, 2.75) is 116 Å². The van der Waals surface area contributed by atoms with Crippen molar-refractivity contribution in [2.24, 2.45) is 5.73 Å². The van der Waals surface area contributed by atoms with E-state index >= 15 is 0 Å². The van der Waals surface area contributed by atoms with Crippen LogP contribution in [0.15, 0.2) is 91.0 Å². The van der Waals surface area contributed by atoms with Gasteiger partial charge in [-0.2, -0.15) is 0 Å². The van der Waals surface area contributed by atoms with Crippen molar-refractivity contribution in [3.05, 3.63) is 187 Å². The van der Waals surface area contributed by atoms with Gasteiger partial charge in [0.05, 0.1) is 53.1 Å². The molecule has 13 rings (SSSR count). The fraction of sp³-hybridized carbons (Fsp3) is 0.257. The summed E-state index contributed by atoms with van der Waals surface area (Å²) in [5.41, 5.74) is 7.28. The Morgan fingerprint density at radius 1 is 0.454 bits per heavy atom. The smallest absolute Gasteiger partial charge is 0.353 e. The van der Waals surface area contributed by atoms with Gasteiger partial charge in [0.1, 0.15) is 46.9 Å². The van der Waals surface area contributed by atoms with Crippen molar-refractivity contribution in [3.63, 3.8) is 0 Å². The molecule has 0 radical (unpaired) electrons.